The van der Waals surface area contributed by atoms with E-state index in [-0.39, 0.29) is 67.7 Å². The molecule has 0 aliphatic heterocycles. The number of hydrogen-bond acceptors (Lipinski definition) is 7. The maximum absolute atomic E-state index is 14.7. The molecule has 0 bridgehead atoms. The lowest BCUT2D eigenvalue weighted by Gasteiger charge is -2.40. The van der Waals surface area contributed by atoms with Gasteiger partial charge in [0.05, 0.1) is 11.3 Å². The number of primary amides is 1. The quantitative estimate of drug-likeness (QED) is 0.0285. The average molecular weight is 908 g/mol. The monoisotopic (exact) mass is 907 g/mol. The van der Waals surface area contributed by atoms with Crippen molar-refractivity contribution in [1.82, 2.24) is 21.3 Å². The average Bonchev–Trinajstić information content (AvgIpc) is 3.32. The molecule has 1 aliphatic rings. The summed E-state index contributed by atoms with van der Waals surface area (Å²) in [6.07, 6.45) is 3.23. The van der Waals surface area contributed by atoms with Crippen LogP contribution in [0.4, 0.5) is 5.69 Å². The molecular formula is C52H61N9O6. The first kappa shape index (κ1) is 48.9. The molecule has 0 saturated heterocycles. The Balaban J connectivity index is 1.28. The number of hydrogen-bond donors (Lipinski definition) is 8. The van der Waals surface area contributed by atoms with Gasteiger partial charge >= 0.3 is 0 Å². The number of fused-ring (bicyclic) bond motifs is 1. The third-order valence-electron chi connectivity index (χ3n) is 12.2. The van der Waals surface area contributed by atoms with E-state index in [1.54, 1.807) is 12.1 Å². The zero-order valence-electron chi connectivity index (χ0n) is 37.8. The minimum Gasteiger partial charge on any atom is -0.370 e. The van der Waals surface area contributed by atoms with Gasteiger partial charge in [-0.05, 0) is 90.5 Å². The number of aliphatic imine (C=N–C) groups is 1. The molecule has 5 aromatic carbocycles. The first-order chi connectivity index (χ1) is 32.3. The summed E-state index contributed by atoms with van der Waals surface area (Å²) in [7, 11) is 0. The predicted molar refractivity (Wildman–Crippen MR) is 261 cm³/mol. The highest BCUT2D eigenvalue weighted by molar-refractivity contribution is 6.05. The van der Waals surface area contributed by atoms with Crippen LogP contribution in [0.3, 0.4) is 0 Å². The Morgan fingerprint density at radius 2 is 1.25 bits per heavy atom. The van der Waals surface area contributed by atoms with Crippen LogP contribution in [0.1, 0.15) is 91.3 Å². The molecule has 15 nitrogen and oxygen atoms in total. The zero-order valence-corrected chi connectivity index (χ0v) is 37.8. The molecule has 1 fully saturated rings. The molecular weight excluding hydrogens is 847 g/mol. The van der Waals surface area contributed by atoms with Crippen molar-refractivity contribution in [2.24, 2.45) is 22.2 Å². The molecule has 5 aromatic rings. The van der Waals surface area contributed by atoms with Gasteiger partial charge in [0.1, 0.15) is 23.7 Å². The van der Waals surface area contributed by atoms with Gasteiger partial charge in [-0.15, -0.1) is 0 Å². The molecule has 1 aliphatic carbocycles. The van der Waals surface area contributed by atoms with Crippen molar-refractivity contribution in [3.63, 3.8) is 0 Å². The number of carbonyl (C=O) groups excluding carboxylic acids is 6. The van der Waals surface area contributed by atoms with Gasteiger partial charge in [0, 0.05) is 25.8 Å². The lowest BCUT2D eigenvalue weighted by molar-refractivity contribution is -0.138. The number of nitrogens with two attached hydrogens (primary N) is 3. The van der Waals surface area contributed by atoms with Gasteiger partial charge in [-0.3, -0.25) is 33.8 Å². The molecule has 11 N–H and O–H groups in total. The second kappa shape index (κ2) is 23.6. The number of nitrogens with zero attached hydrogens (tertiary/aromatic N) is 1. The first-order valence-corrected chi connectivity index (χ1v) is 22.9. The molecule has 6 amide bonds. The van der Waals surface area contributed by atoms with Gasteiger partial charge in [-0.1, -0.05) is 122 Å². The number of anilines is 1. The predicted octanol–water partition coefficient (Wildman–Crippen LogP) is 4.88. The van der Waals surface area contributed by atoms with E-state index in [0.29, 0.717) is 32.1 Å². The summed E-state index contributed by atoms with van der Waals surface area (Å²) in [6, 6.07) is 35.3. The number of benzene rings is 5. The smallest absolute Gasteiger partial charge is 0.250 e. The molecule has 350 valence electrons. The van der Waals surface area contributed by atoms with Crippen molar-refractivity contribution in [1.29, 1.82) is 0 Å². The Bertz CT molecular complexity index is 2540. The van der Waals surface area contributed by atoms with Crippen molar-refractivity contribution in [3.8, 4) is 0 Å². The standard InChI is InChI=1S/C52H61N9O6/c1-2-14-45(62)61-52(28-26-38(27-29-52)36-17-7-4-8-18-36)50(67)60-44(32-34-15-5-3-6-16-34)49(66)58-42(23-13-30-56-51(54)55)47(64)59-43(33-35-24-25-37-19-9-10-20-39(37)31-35)48(65)57-41-22-12-11-21-40(41)46(53)63/h3-12,15-22,24-25,31,38,42-44H,2,13-14,23,26-30,32-33H2,1H3,(H2,53,63)(H,57,65)(H,58,66)(H,59,64)(H,60,67)(H,61,62)(H4,54,55,56)/t38?,42-,43?,44+,52?/m0/s1. The summed E-state index contributed by atoms with van der Waals surface area (Å²) >= 11 is 0. The van der Waals surface area contributed by atoms with E-state index in [1.165, 1.54) is 12.1 Å². The van der Waals surface area contributed by atoms with Crippen LogP contribution in [-0.2, 0) is 36.8 Å². The Hall–Kier alpha value is -7.55. The fraction of sp³-hybridized carbons (Fsp3) is 0.327. The molecule has 0 heterocycles. The third kappa shape index (κ3) is 13.7. The topological polar surface area (TPSA) is 253 Å². The summed E-state index contributed by atoms with van der Waals surface area (Å²) in [5.74, 6) is -3.41. The first-order valence-electron chi connectivity index (χ1n) is 22.9. The molecule has 1 unspecified atom stereocenters. The van der Waals surface area contributed by atoms with Crippen LogP contribution in [0.2, 0.25) is 0 Å². The molecule has 15 heteroatoms. The Labute approximate surface area is 391 Å². The number of para-hydroxylation sites is 1. The van der Waals surface area contributed by atoms with Gasteiger partial charge in [-0.2, -0.15) is 0 Å². The highest BCUT2D eigenvalue weighted by Gasteiger charge is 2.44. The SMILES string of the molecule is CCCC(=O)NC1(C(=O)N[C@H](Cc2ccccc2)C(=O)N[C@@H](CCCN=C(N)N)C(=O)NC(Cc2ccc3ccccc3c2)C(=O)Nc2ccccc2C(N)=O)CCC(c2ccccc2)CC1. The van der Waals surface area contributed by atoms with Crippen molar-refractivity contribution in [3.05, 3.63) is 150 Å². The second-order valence-corrected chi connectivity index (χ2v) is 17.1. The minimum atomic E-state index is -1.28. The van der Waals surface area contributed by atoms with Crippen LogP contribution in [-0.4, -0.2) is 71.6 Å². The van der Waals surface area contributed by atoms with Crippen molar-refractivity contribution < 1.29 is 28.8 Å². The Kier molecular flexibility index (Phi) is 17.2. The number of nitrogens with one attached hydrogen (secondary N) is 5. The summed E-state index contributed by atoms with van der Waals surface area (Å²) in [4.78, 5) is 87.8. The third-order valence-corrected chi connectivity index (χ3v) is 12.2. The normalized spacial score (nSPS) is 16.9. The van der Waals surface area contributed by atoms with Crippen LogP contribution < -0.4 is 43.8 Å². The highest BCUT2D eigenvalue weighted by Crippen LogP contribution is 2.38. The van der Waals surface area contributed by atoms with Crippen LogP contribution in [0, 0.1) is 0 Å². The Morgan fingerprint density at radius 1 is 0.657 bits per heavy atom. The van der Waals surface area contributed by atoms with Gasteiger partial charge in [0.2, 0.25) is 29.5 Å². The van der Waals surface area contributed by atoms with E-state index in [0.717, 1.165) is 27.5 Å². The van der Waals surface area contributed by atoms with Crippen molar-refractivity contribution in [2.45, 2.75) is 101 Å². The lowest BCUT2D eigenvalue weighted by atomic mass is 9.73. The van der Waals surface area contributed by atoms with Gasteiger partial charge in [-0.25, -0.2) is 0 Å². The maximum Gasteiger partial charge on any atom is 0.250 e. The van der Waals surface area contributed by atoms with E-state index in [1.807, 2.05) is 97.9 Å². The molecule has 1 saturated carbocycles. The number of carbonyl (C=O) groups is 6. The summed E-state index contributed by atoms with van der Waals surface area (Å²) in [6.45, 7) is 2.03. The van der Waals surface area contributed by atoms with Gasteiger partial charge < -0.3 is 43.8 Å². The molecule has 3 atom stereocenters. The highest BCUT2D eigenvalue weighted by atomic mass is 16.2. The van der Waals surface area contributed by atoms with E-state index in [2.05, 4.69) is 43.7 Å². The van der Waals surface area contributed by atoms with Crippen molar-refractivity contribution >= 4 is 57.9 Å². The van der Waals surface area contributed by atoms with E-state index in [4.69, 9.17) is 17.2 Å². The Morgan fingerprint density at radius 3 is 1.94 bits per heavy atom. The van der Waals surface area contributed by atoms with Crippen LogP contribution >= 0.6 is 0 Å². The molecule has 6 rings (SSSR count). The summed E-state index contributed by atoms with van der Waals surface area (Å²) in [5, 5.41) is 16.5. The van der Waals surface area contributed by atoms with Crippen molar-refractivity contribution in [2.75, 3.05) is 11.9 Å². The van der Waals surface area contributed by atoms with Crippen LogP contribution in [0.15, 0.2) is 132 Å². The fourth-order valence-corrected chi connectivity index (χ4v) is 8.64. The molecule has 0 aromatic heterocycles. The zero-order chi connectivity index (χ0) is 47.8. The number of guanidine groups is 1. The molecule has 0 spiro atoms. The molecule has 0 radical (unpaired) electrons. The lowest BCUT2D eigenvalue weighted by Crippen LogP contribution is -2.64. The van der Waals surface area contributed by atoms with E-state index in [9.17, 15) is 28.8 Å². The second-order valence-electron chi connectivity index (χ2n) is 17.1. The van der Waals surface area contributed by atoms with E-state index >= 15 is 0 Å². The van der Waals surface area contributed by atoms with Crippen LogP contribution in [0.25, 0.3) is 10.8 Å². The largest absolute Gasteiger partial charge is 0.370 e. The summed E-state index contributed by atoms with van der Waals surface area (Å²) < 4.78 is 0. The fourth-order valence-electron chi connectivity index (χ4n) is 8.64. The summed E-state index contributed by atoms with van der Waals surface area (Å²) in [5.41, 5.74) is 18.4. The number of rotatable bonds is 21. The minimum absolute atomic E-state index is 0.0411. The van der Waals surface area contributed by atoms with Gasteiger partial charge in [0.25, 0.3) is 5.91 Å². The van der Waals surface area contributed by atoms with Crippen LogP contribution in [0.5, 0.6) is 0 Å². The maximum atomic E-state index is 14.7. The van der Waals surface area contributed by atoms with Gasteiger partial charge in [0.15, 0.2) is 5.96 Å². The van der Waals surface area contributed by atoms with E-state index < -0.39 is 53.2 Å². The number of amides is 6. The molecule has 67 heavy (non-hydrogen) atoms.